The molecule has 0 aliphatic heterocycles. The molecule has 0 aliphatic carbocycles. The molecule has 0 atom stereocenters. The number of pyridine rings is 1. The zero-order valence-electron chi connectivity index (χ0n) is 8.58. The summed E-state index contributed by atoms with van der Waals surface area (Å²) in [6, 6.07) is 3.30. The standard InChI is InChI=1S/C11H9N3O2/c1-7-5-13-10(14-6-7)8-3-2-4-12-9(8)11(15)16/h2-6H,1H3,(H,15,16). The summed E-state index contributed by atoms with van der Waals surface area (Å²) in [4.78, 5) is 22.9. The third-order valence-corrected chi connectivity index (χ3v) is 2.03. The first kappa shape index (κ1) is 10.2. The Bertz CT molecular complexity index is 523. The van der Waals surface area contributed by atoms with Crippen molar-refractivity contribution in [3.05, 3.63) is 42.0 Å². The van der Waals surface area contributed by atoms with E-state index in [0.29, 0.717) is 11.4 Å². The van der Waals surface area contributed by atoms with Crippen molar-refractivity contribution < 1.29 is 9.90 Å². The fourth-order valence-corrected chi connectivity index (χ4v) is 1.29. The fraction of sp³-hybridized carbons (Fsp3) is 0.0909. The van der Waals surface area contributed by atoms with Crippen LogP contribution in [0.25, 0.3) is 11.4 Å². The molecule has 0 bridgehead atoms. The summed E-state index contributed by atoms with van der Waals surface area (Å²) in [6.07, 6.45) is 4.71. The highest BCUT2D eigenvalue weighted by molar-refractivity contribution is 5.92. The van der Waals surface area contributed by atoms with Crippen molar-refractivity contribution in [2.75, 3.05) is 0 Å². The summed E-state index contributed by atoms with van der Waals surface area (Å²) < 4.78 is 0. The van der Waals surface area contributed by atoms with Crippen LogP contribution in [0.3, 0.4) is 0 Å². The van der Waals surface area contributed by atoms with Crippen LogP contribution in [-0.4, -0.2) is 26.0 Å². The first-order chi connectivity index (χ1) is 7.68. The Hall–Kier alpha value is -2.30. The van der Waals surface area contributed by atoms with Gasteiger partial charge in [-0.25, -0.2) is 19.7 Å². The van der Waals surface area contributed by atoms with Crippen molar-refractivity contribution in [1.29, 1.82) is 0 Å². The van der Waals surface area contributed by atoms with Crippen LogP contribution in [0.2, 0.25) is 0 Å². The second-order valence-electron chi connectivity index (χ2n) is 3.29. The van der Waals surface area contributed by atoms with Crippen LogP contribution < -0.4 is 0 Å². The van der Waals surface area contributed by atoms with Crippen LogP contribution >= 0.6 is 0 Å². The third-order valence-electron chi connectivity index (χ3n) is 2.03. The lowest BCUT2D eigenvalue weighted by Crippen LogP contribution is -2.04. The number of carboxylic acid groups (broad SMARTS) is 1. The minimum atomic E-state index is -1.08. The van der Waals surface area contributed by atoms with Gasteiger partial charge < -0.3 is 5.11 Å². The lowest BCUT2D eigenvalue weighted by molar-refractivity contribution is 0.0691. The average molecular weight is 215 g/mol. The molecule has 0 spiro atoms. The van der Waals surface area contributed by atoms with Crippen LogP contribution in [0.15, 0.2) is 30.7 Å². The van der Waals surface area contributed by atoms with E-state index in [0.717, 1.165) is 5.56 Å². The average Bonchev–Trinajstić information content (AvgIpc) is 2.30. The van der Waals surface area contributed by atoms with Crippen molar-refractivity contribution in [2.24, 2.45) is 0 Å². The molecule has 5 heteroatoms. The van der Waals surface area contributed by atoms with E-state index < -0.39 is 5.97 Å². The Morgan fingerprint density at radius 1 is 1.25 bits per heavy atom. The fourth-order valence-electron chi connectivity index (χ4n) is 1.29. The highest BCUT2D eigenvalue weighted by Crippen LogP contribution is 2.17. The topological polar surface area (TPSA) is 76.0 Å². The number of aromatic nitrogens is 3. The summed E-state index contributed by atoms with van der Waals surface area (Å²) in [7, 11) is 0. The maximum Gasteiger partial charge on any atom is 0.355 e. The SMILES string of the molecule is Cc1cnc(-c2cccnc2C(=O)O)nc1. The van der Waals surface area contributed by atoms with Crippen LogP contribution in [-0.2, 0) is 0 Å². The lowest BCUT2D eigenvalue weighted by Gasteiger charge is -2.02. The molecule has 0 amide bonds. The molecule has 0 unspecified atom stereocenters. The molecule has 2 rings (SSSR count). The summed E-state index contributed by atoms with van der Waals surface area (Å²) in [5.41, 5.74) is 1.31. The molecule has 2 heterocycles. The van der Waals surface area contributed by atoms with Gasteiger partial charge in [-0.1, -0.05) is 0 Å². The highest BCUT2D eigenvalue weighted by Gasteiger charge is 2.14. The van der Waals surface area contributed by atoms with Crippen LogP contribution in [0, 0.1) is 6.92 Å². The number of rotatable bonds is 2. The lowest BCUT2D eigenvalue weighted by atomic mass is 10.2. The molecule has 1 N–H and O–H groups in total. The Balaban J connectivity index is 2.55. The van der Waals surface area contributed by atoms with E-state index in [1.165, 1.54) is 6.20 Å². The molecule has 80 valence electrons. The van der Waals surface area contributed by atoms with E-state index in [9.17, 15) is 4.79 Å². The smallest absolute Gasteiger partial charge is 0.355 e. The number of hydrogen-bond donors (Lipinski definition) is 1. The zero-order chi connectivity index (χ0) is 11.5. The van der Waals surface area contributed by atoms with Crippen molar-refractivity contribution in [2.45, 2.75) is 6.92 Å². The minimum absolute atomic E-state index is 0.0358. The molecule has 0 radical (unpaired) electrons. The summed E-state index contributed by atoms with van der Waals surface area (Å²) >= 11 is 0. The normalized spacial score (nSPS) is 10.1. The summed E-state index contributed by atoms with van der Waals surface area (Å²) in [6.45, 7) is 1.87. The Labute approximate surface area is 91.8 Å². The van der Waals surface area contributed by atoms with Gasteiger partial charge in [0.1, 0.15) is 0 Å². The van der Waals surface area contributed by atoms with Gasteiger partial charge >= 0.3 is 5.97 Å². The van der Waals surface area contributed by atoms with E-state index in [-0.39, 0.29) is 5.69 Å². The zero-order valence-corrected chi connectivity index (χ0v) is 8.58. The molecular formula is C11H9N3O2. The molecular weight excluding hydrogens is 206 g/mol. The molecule has 0 saturated carbocycles. The number of hydrogen-bond acceptors (Lipinski definition) is 4. The van der Waals surface area contributed by atoms with Crippen molar-refractivity contribution in [3.63, 3.8) is 0 Å². The maximum absolute atomic E-state index is 10.9. The number of aryl methyl sites for hydroxylation is 1. The molecule has 0 fully saturated rings. The predicted octanol–water partition coefficient (Wildman–Crippen LogP) is 1.55. The number of carboxylic acids is 1. The van der Waals surface area contributed by atoms with Crippen LogP contribution in [0.1, 0.15) is 16.1 Å². The molecule has 5 nitrogen and oxygen atoms in total. The van der Waals surface area contributed by atoms with Gasteiger partial charge in [-0.3, -0.25) is 0 Å². The number of nitrogens with zero attached hydrogens (tertiary/aromatic N) is 3. The Morgan fingerprint density at radius 3 is 2.56 bits per heavy atom. The van der Waals surface area contributed by atoms with Crippen LogP contribution in [0.4, 0.5) is 0 Å². The second kappa shape index (κ2) is 4.06. The van der Waals surface area contributed by atoms with Gasteiger partial charge in [0.15, 0.2) is 11.5 Å². The van der Waals surface area contributed by atoms with Gasteiger partial charge in [0, 0.05) is 18.6 Å². The Kier molecular flexibility index (Phi) is 2.59. The highest BCUT2D eigenvalue weighted by atomic mass is 16.4. The van der Waals surface area contributed by atoms with E-state index in [4.69, 9.17) is 5.11 Å². The van der Waals surface area contributed by atoms with Crippen molar-refractivity contribution in [3.8, 4) is 11.4 Å². The number of carbonyl (C=O) groups is 1. The molecule has 0 saturated heterocycles. The first-order valence-electron chi connectivity index (χ1n) is 4.66. The quantitative estimate of drug-likeness (QED) is 0.822. The van der Waals surface area contributed by atoms with E-state index >= 15 is 0 Å². The van der Waals surface area contributed by atoms with Gasteiger partial charge in [0.05, 0.1) is 5.56 Å². The van der Waals surface area contributed by atoms with Crippen molar-refractivity contribution >= 4 is 5.97 Å². The third kappa shape index (κ3) is 1.88. The first-order valence-corrected chi connectivity index (χ1v) is 4.66. The van der Waals surface area contributed by atoms with Gasteiger partial charge in [-0.05, 0) is 24.6 Å². The summed E-state index contributed by atoms with van der Waals surface area (Å²) in [5.74, 6) is -0.712. The molecule has 0 aliphatic rings. The summed E-state index contributed by atoms with van der Waals surface area (Å²) in [5, 5.41) is 8.96. The minimum Gasteiger partial charge on any atom is -0.476 e. The monoisotopic (exact) mass is 215 g/mol. The second-order valence-corrected chi connectivity index (χ2v) is 3.29. The predicted molar refractivity (Wildman–Crippen MR) is 57.0 cm³/mol. The maximum atomic E-state index is 10.9. The van der Waals surface area contributed by atoms with Crippen molar-refractivity contribution in [1.82, 2.24) is 15.0 Å². The largest absolute Gasteiger partial charge is 0.476 e. The van der Waals surface area contributed by atoms with E-state index in [1.54, 1.807) is 24.5 Å². The van der Waals surface area contributed by atoms with Gasteiger partial charge in [-0.15, -0.1) is 0 Å². The van der Waals surface area contributed by atoms with E-state index in [2.05, 4.69) is 15.0 Å². The van der Waals surface area contributed by atoms with Crippen LogP contribution in [0.5, 0.6) is 0 Å². The van der Waals surface area contributed by atoms with Gasteiger partial charge in [0.2, 0.25) is 0 Å². The molecule has 16 heavy (non-hydrogen) atoms. The van der Waals surface area contributed by atoms with Gasteiger partial charge in [0.25, 0.3) is 0 Å². The molecule has 2 aromatic rings. The number of aromatic carboxylic acids is 1. The Morgan fingerprint density at radius 2 is 1.94 bits per heavy atom. The van der Waals surface area contributed by atoms with Gasteiger partial charge in [-0.2, -0.15) is 0 Å². The molecule has 0 aromatic carbocycles. The molecule has 2 aromatic heterocycles. The van der Waals surface area contributed by atoms with E-state index in [1.807, 2.05) is 6.92 Å².